The van der Waals surface area contributed by atoms with E-state index in [1.165, 1.54) is 17.8 Å². The summed E-state index contributed by atoms with van der Waals surface area (Å²) in [5.41, 5.74) is 7.15. The number of anilines is 1. The average Bonchev–Trinajstić information content (AvgIpc) is 3.07. The van der Waals surface area contributed by atoms with Gasteiger partial charge in [0.25, 0.3) is 0 Å². The maximum absolute atomic E-state index is 13.8. The van der Waals surface area contributed by atoms with Crippen LogP contribution >= 0.6 is 11.8 Å². The van der Waals surface area contributed by atoms with Crippen molar-refractivity contribution in [3.05, 3.63) is 47.3 Å². The zero-order valence-electron chi connectivity index (χ0n) is 15.5. The summed E-state index contributed by atoms with van der Waals surface area (Å²) in [5, 5.41) is 5.62. The zero-order valence-corrected chi connectivity index (χ0v) is 16.3. The molecule has 148 valence electrons. The van der Waals surface area contributed by atoms with Gasteiger partial charge >= 0.3 is 0 Å². The predicted molar refractivity (Wildman–Crippen MR) is 108 cm³/mol. The molecule has 1 aromatic rings. The van der Waals surface area contributed by atoms with Crippen molar-refractivity contribution >= 4 is 34.4 Å². The van der Waals surface area contributed by atoms with Gasteiger partial charge in [-0.15, -0.1) is 0 Å². The number of primary amides is 1. The summed E-state index contributed by atoms with van der Waals surface area (Å²) >= 11 is 1.19. The number of nitrogens with one attached hydrogen (secondary N) is 2. The molecule has 0 aromatic heterocycles. The fraction of sp³-hybridized carbons (Fsp3) is 0.316. The molecular formula is C19H21FN4O3S. The Bertz CT molecular complexity index is 880. The van der Waals surface area contributed by atoms with Gasteiger partial charge in [-0.3, -0.25) is 9.59 Å². The van der Waals surface area contributed by atoms with Crippen LogP contribution in [-0.2, 0) is 9.59 Å². The molecule has 1 heterocycles. The molecule has 0 bridgehead atoms. The molecule has 7 nitrogen and oxygen atoms in total. The molecule has 0 spiro atoms. The number of carbonyl (C=O) groups is 2. The summed E-state index contributed by atoms with van der Waals surface area (Å²) in [4.78, 5) is 28.5. The Hall–Kier alpha value is -2.81. The second kappa shape index (κ2) is 8.47. The molecule has 2 atom stereocenters. The third kappa shape index (κ3) is 4.53. The van der Waals surface area contributed by atoms with Gasteiger partial charge in [0.1, 0.15) is 17.0 Å². The van der Waals surface area contributed by atoms with Gasteiger partial charge in [0.2, 0.25) is 11.8 Å². The Kier molecular flexibility index (Phi) is 6.03. The molecule has 1 aromatic carbocycles. The fourth-order valence-corrected chi connectivity index (χ4v) is 3.86. The molecule has 2 aliphatic rings. The summed E-state index contributed by atoms with van der Waals surface area (Å²) in [7, 11) is 1.58. The Morgan fingerprint density at radius 2 is 2.00 bits per heavy atom. The molecule has 1 aliphatic heterocycles. The first-order valence-electron chi connectivity index (χ1n) is 8.69. The number of nitrogens with zero attached hydrogens (tertiary/aromatic N) is 1. The lowest BCUT2D eigenvalue weighted by molar-refractivity contribution is -0.120. The topological polar surface area (TPSA) is 106 Å². The van der Waals surface area contributed by atoms with Gasteiger partial charge in [0.15, 0.2) is 11.2 Å². The van der Waals surface area contributed by atoms with E-state index in [1.54, 1.807) is 38.3 Å². The van der Waals surface area contributed by atoms with Crippen molar-refractivity contribution in [2.75, 3.05) is 12.4 Å². The zero-order chi connectivity index (χ0) is 20.3. The summed E-state index contributed by atoms with van der Waals surface area (Å²) in [5.74, 6) is -0.750. The summed E-state index contributed by atoms with van der Waals surface area (Å²) in [6, 6.07) is 6.26. The van der Waals surface area contributed by atoms with E-state index in [9.17, 15) is 14.0 Å². The molecule has 2 unspecified atom stereocenters. The van der Waals surface area contributed by atoms with E-state index >= 15 is 0 Å². The van der Waals surface area contributed by atoms with Crippen molar-refractivity contribution in [3.63, 3.8) is 0 Å². The standard InChI is InChI=1S/C19H21FN4O3S/c1-10-3-4-11(9-14(10)20)17(26)24-18-15(16(21)25)23-19(28-18)22-12-5-7-13(27-2)8-6-12/h5-9,15,18H,3-4H2,1-2H3,(H2,21,25)(H,22,23)(H,24,26). The highest BCUT2D eigenvalue weighted by atomic mass is 32.2. The normalized spacial score (nSPS) is 21.7. The lowest BCUT2D eigenvalue weighted by Crippen LogP contribution is -2.45. The van der Waals surface area contributed by atoms with Crippen LogP contribution in [0.25, 0.3) is 0 Å². The van der Waals surface area contributed by atoms with Crippen molar-refractivity contribution < 1.29 is 18.7 Å². The molecule has 0 saturated heterocycles. The number of amidine groups is 1. The van der Waals surface area contributed by atoms with E-state index in [1.807, 2.05) is 0 Å². The SMILES string of the molecule is COc1ccc(NC2=NC(C(N)=O)C(NC(=O)C3=CC(F)=C(C)CC3)S2)cc1. The number of amides is 2. The Labute approximate surface area is 166 Å². The highest BCUT2D eigenvalue weighted by molar-refractivity contribution is 8.15. The number of carbonyl (C=O) groups excluding carboxylic acids is 2. The van der Waals surface area contributed by atoms with Crippen LogP contribution in [0.3, 0.4) is 0 Å². The number of allylic oxidation sites excluding steroid dienone is 3. The molecule has 4 N–H and O–H groups in total. The smallest absolute Gasteiger partial charge is 0.248 e. The lowest BCUT2D eigenvalue weighted by atomic mass is 9.98. The molecule has 0 radical (unpaired) electrons. The molecule has 1 aliphatic carbocycles. The number of benzene rings is 1. The van der Waals surface area contributed by atoms with Gasteiger partial charge in [0.05, 0.1) is 7.11 Å². The van der Waals surface area contributed by atoms with Crippen LogP contribution in [0, 0.1) is 0 Å². The van der Waals surface area contributed by atoms with Gasteiger partial charge in [-0.05, 0) is 55.7 Å². The van der Waals surface area contributed by atoms with Crippen molar-refractivity contribution in [1.82, 2.24) is 5.32 Å². The second-order valence-electron chi connectivity index (χ2n) is 6.44. The molecule has 2 amide bonds. The minimum atomic E-state index is -0.916. The van der Waals surface area contributed by atoms with Gasteiger partial charge < -0.3 is 21.1 Å². The first-order chi connectivity index (χ1) is 13.4. The first-order valence-corrected chi connectivity index (χ1v) is 9.57. The Balaban J connectivity index is 1.68. The molecule has 28 heavy (non-hydrogen) atoms. The third-order valence-electron chi connectivity index (χ3n) is 4.46. The van der Waals surface area contributed by atoms with Crippen molar-refractivity contribution in [2.24, 2.45) is 10.7 Å². The highest BCUT2D eigenvalue weighted by Crippen LogP contribution is 2.29. The van der Waals surface area contributed by atoms with Crippen LogP contribution in [0.4, 0.5) is 10.1 Å². The number of hydrogen-bond acceptors (Lipinski definition) is 6. The van der Waals surface area contributed by atoms with Crippen LogP contribution in [0.1, 0.15) is 19.8 Å². The van der Waals surface area contributed by atoms with E-state index < -0.39 is 23.2 Å². The van der Waals surface area contributed by atoms with E-state index in [2.05, 4.69) is 15.6 Å². The maximum Gasteiger partial charge on any atom is 0.248 e. The minimum absolute atomic E-state index is 0.337. The average molecular weight is 404 g/mol. The molecule has 0 saturated carbocycles. The molecule has 3 rings (SSSR count). The largest absolute Gasteiger partial charge is 0.497 e. The second-order valence-corrected chi connectivity index (χ2v) is 7.57. The Morgan fingerprint density at radius 3 is 2.61 bits per heavy atom. The molecule has 0 fully saturated rings. The number of aliphatic imine (C=N–C) groups is 1. The first kappa shape index (κ1) is 19.9. The van der Waals surface area contributed by atoms with Crippen LogP contribution in [-0.4, -0.2) is 35.5 Å². The van der Waals surface area contributed by atoms with E-state index in [0.29, 0.717) is 34.9 Å². The number of thioether (sulfide) groups is 1. The van der Waals surface area contributed by atoms with Crippen molar-refractivity contribution in [3.8, 4) is 5.75 Å². The maximum atomic E-state index is 13.8. The van der Waals surface area contributed by atoms with Gasteiger partial charge in [-0.2, -0.15) is 0 Å². The van der Waals surface area contributed by atoms with Crippen LogP contribution in [0.2, 0.25) is 0 Å². The number of rotatable bonds is 5. The van der Waals surface area contributed by atoms with Gasteiger partial charge in [-0.25, -0.2) is 9.38 Å². The van der Waals surface area contributed by atoms with Crippen molar-refractivity contribution in [1.29, 1.82) is 0 Å². The number of nitrogens with two attached hydrogens (primary N) is 1. The lowest BCUT2D eigenvalue weighted by Gasteiger charge is -2.19. The van der Waals surface area contributed by atoms with Crippen LogP contribution in [0.5, 0.6) is 5.75 Å². The van der Waals surface area contributed by atoms with E-state index in [-0.39, 0.29) is 5.83 Å². The minimum Gasteiger partial charge on any atom is -0.497 e. The number of ether oxygens (including phenoxy) is 1. The molecule has 9 heteroatoms. The van der Waals surface area contributed by atoms with Crippen molar-refractivity contribution in [2.45, 2.75) is 31.2 Å². The quantitative estimate of drug-likeness (QED) is 0.699. The van der Waals surface area contributed by atoms with Gasteiger partial charge in [0, 0.05) is 11.3 Å². The van der Waals surface area contributed by atoms with Gasteiger partial charge in [-0.1, -0.05) is 11.8 Å². The predicted octanol–water partition coefficient (Wildman–Crippen LogP) is 2.47. The number of halogens is 1. The van der Waals surface area contributed by atoms with E-state index in [4.69, 9.17) is 10.5 Å². The fourth-order valence-electron chi connectivity index (χ4n) is 2.78. The monoisotopic (exact) mass is 404 g/mol. The summed E-state index contributed by atoms with van der Waals surface area (Å²) in [6.07, 6.45) is 2.18. The number of hydrogen-bond donors (Lipinski definition) is 3. The summed E-state index contributed by atoms with van der Waals surface area (Å²) in [6.45, 7) is 1.70. The van der Waals surface area contributed by atoms with Crippen LogP contribution < -0.4 is 21.1 Å². The summed E-state index contributed by atoms with van der Waals surface area (Å²) < 4.78 is 18.9. The molecular weight excluding hydrogens is 383 g/mol. The van der Waals surface area contributed by atoms with Crippen LogP contribution in [0.15, 0.2) is 52.3 Å². The van der Waals surface area contributed by atoms with E-state index in [0.717, 1.165) is 5.69 Å². The highest BCUT2D eigenvalue weighted by Gasteiger charge is 2.36. The number of methoxy groups -OCH3 is 1. The Morgan fingerprint density at radius 1 is 1.29 bits per heavy atom. The third-order valence-corrected chi connectivity index (χ3v) is 5.52.